The molecule has 0 aliphatic rings. The van der Waals surface area contributed by atoms with E-state index in [1.165, 1.54) is 98.4 Å². The normalized spacial score (nSPS) is 10.4. The van der Waals surface area contributed by atoms with Gasteiger partial charge in [-0.15, -0.1) is 0 Å². The molecule has 0 fully saturated rings. The molecule has 146 heavy (non-hydrogen) atoms. The zero-order valence-electron chi connectivity index (χ0n) is 86.7. The highest BCUT2D eigenvalue weighted by molar-refractivity contribution is 6.41. The summed E-state index contributed by atoms with van der Waals surface area (Å²) in [7, 11) is 0. The van der Waals surface area contributed by atoms with Gasteiger partial charge in [-0.1, -0.05) is 286 Å². The average Bonchev–Trinajstić information content (AvgIpc) is 0.685. The van der Waals surface area contributed by atoms with Crippen molar-refractivity contribution in [3.05, 3.63) is 542 Å². The van der Waals surface area contributed by atoms with Crippen molar-refractivity contribution in [2.75, 3.05) is 0 Å². The van der Waals surface area contributed by atoms with Crippen LogP contribution in [0.15, 0.2) is 291 Å². The quantitative estimate of drug-likeness (QED) is 0.0806. The maximum Gasteiger partial charge on any atom is 0.0588 e. The van der Waals surface area contributed by atoms with Gasteiger partial charge in [-0.3, -0.25) is 0 Å². The van der Waals surface area contributed by atoms with Gasteiger partial charge in [-0.25, -0.2) is 0 Å². The molecule has 20 aromatic rings. The molecule has 0 nitrogen and oxygen atoms in total. The Morgan fingerprint density at radius 3 is 0.418 bits per heavy atom. The number of benzene rings is 19. The lowest BCUT2D eigenvalue weighted by Gasteiger charge is -2.23. The van der Waals surface area contributed by atoms with Crippen LogP contribution in [-0.4, -0.2) is 0 Å². The smallest absolute Gasteiger partial charge is 0.0588 e. The van der Waals surface area contributed by atoms with E-state index in [2.05, 4.69) is 464 Å². The molecule has 0 aromatic heterocycles. The van der Waals surface area contributed by atoms with Crippen LogP contribution in [0.5, 0.6) is 0 Å². The standard InChI is InChI=1S/C60H42.C54H36.C32H30/c1-43-7-19-49(20-8-43)31-37-55-56(38-32-50-21-9-44(2)10-22-50)58(40-34-52-25-13-46(4)14-26-52)60(42-36-54-29-17-48(6)18-30-54)59(41-35-53-27-15-47(5)16-28-53)57(55)39-33-51-23-11-45(3)12-24-51;1-37-19-43-7-9-45-21-38(2)23-47(32-45)11-13-49-25-40(4)27-51(34-49)15-17-53-29-42(6)30-54(36-53)18-16-52-28-41(5)26-50(35-52)14-12-48-24-39(3)22-46(33-48)10-8-44(20-37)31-43;1-15-9-23-25(11-17(15)3)29-21(7)20(6)14-28-24-10-16(2)18(4)12-26(24)30-22(8)19(5)13-27(23)31(30)32(28)29/h7-30H,1-6H3;19-36H,1-6H3;9-14H,1-8H3. The molecule has 0 radical (unpaired) electrons. The zero-order chi connectivity index (χ0) is 102. The Labute approximate surface area is 863 Å². The molecule has 0 heterocycles. The largest absolute Gasteiger partial charge is 0.0616 e. The lowest BCUT2D eigenvalue weighted by molar-refractivity contribution is 1.36. The van der Waals surface area contributed by atoms with Crippen molar-refractivity contribution in [3.63, 3.8) is 0 Å². The van der Waals surface area contributed by atoms with Gasteiger partial charge in [0.2, 0.25) is 0 Å². The van der Waals surface area contributed by atoms with E-state index in [4.69, 9.17) is 0 Å². The topological polar surface area (TPSA) is 0 Å². The van der Waals surface area contributed by atoms with Gasteiger partial charge in [0.1, 0.15) is 0 Å². The Morgan fingerprint density at radius 1 is 0.123 bits per heavy atom. The van der Waals surface area contributed by atoms with E-state index in [0.717, 1.165) is 165 Å². The lowest BCUT2D eigenvalue weighted by atomic mass is 9.80. The highest BCUT2D eigenvalue weighted by Crippen LogP contribution is 2.49. The predicted octanol–water partition coefficient (Wildman–Crippen LogP) is 34.4. The summed E-state index contributed by atoms with van der Waals surface area (Å²) < 4.78 is 0. The highest BCUT2D eigenvalue weighted by atomic mass is 14.3. The second-order valence-corrected chi connectivity index (χ2v) is 39.2. The summed E-state index contributed by atoms with van der Waals surface area (Å²) in [4.78, 5) is 0. The molecular formula is C146H108. The first-order chi connectivity index (χ1) is 70.4. The van der Waals surface area contributed by atoms with E-state index >= 15 is 0 Å². The van der Waals surface area contributed by atoms with Crippen molar-refractivity contribution >= 4 is 118 Å². The van der Waals surface area contributed by atoms with Crippen LogP contribution in [0.4, 0.5) is 0 Å². The molecular weight excluding hydrogens is 1750 g/mol. The first kappa shape index (κ1) is 97.7. The summed E-state index contributed by atoms with van der Waals surface area (Å²) in [6, 6.07) is 142. The minimum Gasteiger partial charge on any atom is -0.0616 e. The van der Waals surface area contributed by atoms with Crippen LogP contribution in [0, 0.1) is 282 Å². The van der Waals surface area contributed by atoms with Crippen LogP contribution in [-0.2, 0) is 0 Å². The summed E-state index contributed by atoms with van der Waals surface area (Å²) in [6.07, 6.45) is 0. The van der Waals surface area contributed by atoms with Gasteiger partial charge in [0.15, 0.2) is 0 Å². The van der Waals surface area contributed by atoms with Crippen LogP contribution in [0.25, 0.3) is 118 Å². The third kappa shape index (κ3) is 23.2. The second-order valence-electron chi connectivity index (χ2n) is 39.2. The van der Waals surface area contributed by atoms with E-state index in [-0.39, 0.29) is 0 Å². The Balaban J connectivity index is 0.000000150. The fraction of sp³-hybridized carbons (Fsp3) is 0.137. The van der Waals surface area contributed by atoms with Gasteiger partial charge in [0, 0.05) is 98.0 Å². The Morgan fingerprint density at radius 2 is 0.260 bits per heavy atom. The molecule has 692 valence electrons. The van der Waals surface area contributed by atoms with Crippen molar-refractivity contribution in [1.82, 2.24) is 0 Å². The third-order valence-electron chi connectivity index (χ3n) is 26.7. The molecule has 0 heteroatoms. The molecule has 0 amide bonds. The van der Waals surface area contributed by atoms with E-state index in [1.54, 1.807) is 0 Å². The van der Waals surface area contributed by atoms with Gasteiger partial charge in [-0.05, 0) is 452 Å². The minimum atomic E-state index is 0.650. The van der Waals surface area contributed by atoms with Gasteiger partial charge >= 0.3 is 0 Å². The SMILES string of the molecule is Cc1cc2c#cc3cc(C)cc(c#cc4cc(C)cc(c#cc5cc(C)cc(c#cc6cc(C)cc(c#cc7cc(C)cc(c#cc(c1)c2)c7)c6)c5)c4)c3.Cc1cc2c(cc1C)c1c(C)c(C)cc3c4cc(C)c(C)cc4c4c(C)c(C)cc2c4c31.Cc1ccc(C#Cc2c(C#Cc3ccc(C)cc3)c(C#Cc3ccc(C)cc3)c(C#Cc3ccc(C)cc3)c(C#Cc3ccc(C)cc3)c2C#Cc2ccc(C)cc2)cc1. The van der Waals surface area contributed by atoms with Crippen LogP contribution in [0.2, 0.25) is 0 Å². The van der Waals surface area contributed by atoms with Gasteiger partial charge in [0.05, 0.1) is 33.4 Å². The van der Waals surface area contributed by atoms with E-state index < -0.39 is 0 Å². The summed E-state index contributed by atoms with van der Waals surface area (Å²) in [5, 5.41) is 25.2. The minimum absolute atomic E-state index is 0.650. The third-order valence-corrected chi connectivity index (χ3v) is 26.7. The zero-order valence-corrected chi connectivity index (χ0v) is 86.7. The molecule has 12 bridgehead atoms. The number of rotatable bonds is 0. The van der Waals surface area contributed by atoms with Crippen LogP contribution >= 0.6 is 0 Å². The fourth-order valence-corrected chi connectivity index (χ4v) is 18.5. The van der Waals surface area contributed by atoms with E-state index in [1.807, 2.05) is 109 Å². The van der Waals surface area contributed by atoms with Crippen molar-refractivity contribution < 1.29 is 0 Å². The number of fused-ring (bicyclic) bond motifs is 18. The first-order valence-electron chi connectivity index (χ1n) is 49.5. The Bertz CT molecular complexity index is 8060. The van der Waals surface area contributed by atoms with Crippen molar-refractivity contribution in [2.45, 2.75) is 138 Å². The molecule has 0 aliphatic heterocycles. The number of aryl methyl sites for hydroxylation is 20. The Kier molecular flexibility index (Phi) is 28.7. The van der Waals surface area contributed by atoms with Crippen LogP contribution in [0.3, 0.4) is 0 Å². The molecule has 0 saturated heterocycles. The summed E-state index contributed by atoms with van der Waals surface area (Å²) in [6.45, 7) is 43.0. The first-order valence-corrected chi connectivity index (χ1v) is 49.5. The van der Waals surface area contributed by atoms with E-state index in [0.29, 0.717) is 33.4 Å². The van der Waals surface area contributed by atoms with Crippen molar-refractivity contribution in [3.8, 4) is 71.0 Å². The molecule has 0 N–H and O–H groups in total. The maximum atomic E-state index is 3.57. The molecule has 0 spiro atoms. The predicted molar refractivity (Wildman–Crippen MR) is 618 cm³/mol. The lowest BCUT2D eigenvalue weighted by Crippen LogP contribution is -2.05. The van der Waals surface area contributed by atoms with E-state index in [9.17, 15) is 0 Å². The summed E-state index contributed by atoms with van der Waals surface area (Å²) in [5.41, 5.74) is 33.8. The summed E-state index contributed by atoms with van der Waals surface area (Å²) in [5.74, 6) is 42.2. The van der Waals surface area contributed by atoms with Crippen molar-refractivity contribution in [2.24, 2.45) is 0 Å². The molecule has 0 aliphatic carbocycles. The molecule has 20 rings (SSSR count). The van der Waals surface area contributed by atoms with Crippen LogP contribution in [0.1, 0.15) is 178 Å². The molecule has 0 unspecified atom stereocenters. The number of hydrogen-bond acceptors (Lipinski definition) is 0. The summed E-state index contributed by atoms with van der Waals surface area (Å²) >= 11 is 0. The maximum absolute atomic E-state index is 3.57. The monoisotopic (exact) mass is 1860 g/mol. The highest BCUT2D eigenvalue weighted by Gasteiger charge is 2.24. The molecule has 20 aromatic carbocycles. The van der Waals surface area contributed by atoms with Gasteiger partial charge < -0.3 is 0 Å². The Hall–Kier alpha value is -18.5. The molecule has 0 saturated carbocycles. The van der Waals surface area contributed by atoms with Crippen LogP contribution < -0.4 is 0 Å². The average molecular weight is 1860 g/mol. The second kappa shape index (κ2) is 42.9. The van der Waals surface area contributed by atoms with Crippen molar-refractivity contribution in [1.29, 1.82) is 0 Å². The molecule has 0 atom stereocenters. The number of hydrogen-bond donors (Lipinski definition) is 0. The van der Waals surface area contributed by atoms with Gasteiger partial charge in [-0.2, -0.15) is 0 Å². The fourth-order valence-electron chi connectivity index (χ4n) is 18.5. The van der Waals surface area contributed by atoms with Gasteiger partial charge in [0.25, 0.3) is 0 Å².